The molecule has 1 aromatic rings. The summed E-state index contributed by atoms with van der Waals surface area (Å²) in [6, 6.07) is 0.927. The second-order valence-electron chi connectivity index (χ2n) is 6.61. The molecule has 0 bridgehead atoms. The van der Waals surface area contributed by atoms with Crippen LogP contribution >= 0.6 is 11.3 Å². The van der Waals surface area contributed by atoms with E-state index in [4.69, 9.17) is 0 Å². The van der Waals surface area contributed by atoms with Gasteiger partial charge in [0.1, 0.15) is 0 Å². The first-order valence-corrected chi connectivity index (χ1v) is 9.71. The summed E-state index contributed by atoms with van der Waals surface area (Å²) in [5.41, 5.74) is 0. The van der Waals surface area contributed by atoms with Crippen LogP contribution in [0.15, 0.2) is 11.6 Å². The highest BCUT2D eigenvalue weighted by atomic mass is 32.1. The molecule has 2 saturated carbocycles. The molecule has 1 heterocycles. The highest BCUT2D eigenvalue weighted by Crippen LogP contribution is 2.30. The van der Waals surface area contributed by atoms with Crippen LogP contribution in [0.3, 0.4) is 0 Å². The van der Waals surface area contributed by atoms with Crippen molar-refractivity contribution in [3.05, 3.63) is 11.6 Å². The molecule has 5 heteroatoms. The highest BCUT2D eigenvalue weighted by Gasteiger charge is 2.32. The number of aromatic nitrogens is 1. The number of anilines is 1. The van der Waals surface area contributed by atoms with E-state index in [1.807, 2.05) is 5.38 Å². The molecule has 4 nitrogen and oxygen atoms in total. The summed E-state index contributed by atoms with van der Waals surface area (Å²) < 4.78 is 0. The minimum absolute atomic E-state index is 0.0775. The predicted octanol–water partition coefficient (Wildman–Crippen LogP) is 5.03. The maximum atomic E-state index is 12.9. The molecular weight excluding hydrogens is 294 g/mol. The molecular formula is C17H27N3OS. The minimum atomic E-state index is 0.0775. The fourth-order valence-electron chi connectivity index (χ4n) is 3.97. The third kappa shape index (κ3) is 4.00. The third-order valence-electron chi connectivity index (χ3n) is 5.07. The first-order valence-electron chi connectivity index (χ1n) is 8.83. The van der Waals surface area contributed by atoms with Crippen molar-refractivity contribution in [1.82, 2.24) is 9.88 Å². The number of thiazole rings is 1. The number of nitrogens with one attached hydrogen (secondary N) is 1. The molecule has 0 aromatic carbocycles. The van der Waals surface area contributed by atoms with Crippen LogP contribution in [0.5, 0.6) is 0 Å². The zero-order valence-corrected chi connectivity index (χ0v) is 14.1. The maximum absolute atomic E-state index is 12.9. The fourth-order valence-corrected chi connectivity index (χ4v) is 4.48. The van der Waals surface area contributed by atoms with Crippen LogP contribution in [0.1, 0.15) is 70.6 Å². The Kier molecular flexibility index (Phi) is 5.70. The molecule has 2 fully saturated rings. The molecule has 0 atom stereocenters. The van der Waals surface area contributed by atoms with Crippen LogP contribution in [-0.4, -0.2) is 28.0 Å². The van der Waals surface area contributed by atoms with Crippen molar-refractivity contribution in [2.45, 2.75) is 82.7 Å². The molecule has 2 amide bonds. The third-order valence-corrected chi connectivity index (χ3v) is 5.76. The summed E-state index contributed by atoms with van der Waals surface area (Å²) >= 11 is 1.50. The number of nitrogens with zero attached hydrogens (tertiary/aromatic N) is 2. The lowest BCUT2D eigenvalue weighted by Gasteiger charge is -2.39. The molecule has 2 aliphatic carbocycles. The SMILES string of the molecule is O=C(Nc1nccs1)N(C1CCCCCC1)C1CCCCC1. The van der Waals surface area contributed by atoms with E-state index in [0.717, 1.165) is 5.13 Å². The Balaban J connectivity index is 1.73. The van der Waals surface area contributed by atoms with Gasteiger partial charge < -0.3 is 4.90 Å². The Morgan fingerprint density at radius 3 is 2.05 bits per heavy atom. The van der Waals surface area contributed by atoms with Crippen molar-refractivity contribution >= 4 is 22.5 Å². The van der Waals surface area contributed by atoms with Crippen molar-refractivity contribution in [2.75, 3.05) is 5.32 Å². The highest BCUT2D eigenvalue weighted by molar-refractivity contribution is 7.13. The second kappa shape index (κ2) is 7.95. The van der Waals surface area contributed by atoms with Crippen LogP contribution in [0.25, 0.3) is 0 Å². The number of rotatable bonds is 3. The summed E-state index contributed by atoms with van der Waals surface area (Å²) in [5, 5.41) is 5.66. The van der Waals surface area contributed by atoms with Gasteiger partial charge in [0.15, 0.2) is 5.13 Å². The molecule has 122 valence electrons. The summed E-state index contributed by atoms with van der Waals surface area (Å²) in [6.07, 6.45) is 15.4. The van der Waals surface area contributed by atoms with Crippen LogP contribution in [0.2, 0.25) is 0 Å². The van der Waals surface area contributed by atoms with E-state index in [2.05, 4.69) is 15.2 Å². The minimum Gasteiger partial charge on any atom is -0.319 e. The normalized spacial score (nSPS) is 21.3. The van der Waals surface area contributed by atoms with Crippen molar-refractivity contribution in [2.24, 2.45) is 0 Å². The van der Waals surface area contributed by atoms with E-state index in [1.54, 1.807) is 6.20 Å². The Labute approximate surface area is 137 Å². The standard InChI is InChI=1S/C17H27N3OS/c21-17(19-16-18-12-13-22-16)20(15-10-6-3-7-11-15)14-8-4-1-2-5-9-14/h12-15H,1-11H2,(H,18,19,21). The first kappa shape index (κ1) is 15.8. The fraction of sp³-hybridized carbons (Fsp3) is 0.765. The van der Waals surface area contributed by atoms with Gasteiger partial charge in [-0.15, -0.1) is 11.3 Å². The van der Waals surface area contributed by atoms with Crippen molar-refractivity contribution < 1.29 is 4.79 Å². The number of urea groups is 1. The molecule has 2 aliphatic rings. The second-order valence-corrected chi connectivity index (χ2v) is 7.51. The van der Waals surface area contributed by atoms with Gasteiger partial charge in [0, 0.05) is 23.7 Å². The average molecular weight is 321 g/mol. The number of amides is 2. The summed E-state index contributed by atoms with van der Waals surface area (Å²) in [6.45, 7) is 0. The van der Waals surface area contributed by atoms with Crippen LogP contribution < -0.4 is 5.32 Å². The van der Waals surface area contributed by atoms with Gasteiger partial charge >= 0.3 is 6.03 Å². The van der Waals surface area contributed by atoms with Gasteiger partial charge in [0.25, 0.3) is 0 Å². The number of carbonyl (C=O) groups is 1. The molecule has 0 unspecified atom stereocenters. The molecule has 0 aliphatic heterocycles. The lowest BCUT2D eigenvalue weighted by Crippen LogP contribution is -2.49. The number of carbonyl (C=O) groups excluding carboxylic acids is 1. The summed E-state index contributed by atoms with van der Waals surface area (Å²) in [5.74, 6) is 0. The van der Waals surface area contributed by atoms with Gasteiger partial charge in [-0.3, -0.25) is 5.32 Å². The topological polar surface area (TPSA) is 45.2 Å². The Morgan fingerprint density at radius 2 is 1.55 bits per heavy atom. The van der Waals surface area contributed by atoms with E-state index in [9.17, 15) is 4.79 Å². The van der Waals surface area contributed by atoms with Crippen molar-refractivity contribution in [3.8, 4) is 0 Å². The van der Waals surface area contributed by atoms with Crippen LogP contribution in [0, 0.1) is 0 Å². The monoisotopic (exact) mass is 321 g/mol. The van der Waals surface area contributed by atoms with E-state index >= 15 is 0 Å². The average Bonchev–Trinajstić information content (AvgIpc) is 2.90. The predicted molar refractivity (Wildman–Crippen MR) is 91.3 cm³/mol. The van der Waals surface area contributed by atoms with Gasteiger partial charge in [0.2, 0.25) is 0 Å². The lowest BCUT2D eigenvalue weighted by atomic mass is 9.92. The van der Waals surface area contributed by atoms with Gasteiger partial charge in [-0.1, -0.05) is 44.9 Å². The van der Waals surface area contributed by atoms with Crippen LogP contribution in [-0.2, 0) is 0 Å². The molecule has 22 heavy (non-hydrogen) atoms. The molecule has 1 N–H and O–H groups in total. The quantitative estimate of drug-likeness (QED) is 0.793. The van der Waals surface area contributed by atoms with Gasteiger partial charge in [-0.25, -0.2) is 9.78 Å². The Bertz CT molecular complexity index is 448. The smallest absolute Gasteiger partial charge is 0.319 e. The first-order chi connectivity index (χ1) is 10.8. The van der Waals surface area contributed by atoms with E-state index in [0.29, 0.717) is 12.1 Å². The van der Waals surface area contributed by atoms with E-state index < -0.39 is 0 Å². The number of hydrogen-bond donors (Lipinski definition) is 1. The molecule has 0 radical (unpaired) electrons. The van der Waals surface area contributed by atoms with Gasteiger partial charge in [-0.2, -0.15) is 0 Å². The van der Waals surface area contributed by atoms with E-state index in [1.165, 1.54) is 82.0 Å². The summed E-state index contributed by atoms with van der Waals surface area (Å²) in [4.78, 5) is 19.3. The van der Waals surface area contributed by atoms with E-state index in [-0.39, 0.29) is 6.03 Å². The Morgan fingerprint density at radius 1 is 1.00 bits per heavy atom. The maximum Gasteiger partial charge on any atom is 0.324 e. The van der Waals surface area contributed by atoms with Gasteiger partial charge in [0.05, 0.1) is 0 Å². The molecule has 3 rings (SSSR count). The largest absolute Gasteiger partial charge is 0.324 e. The summed E-state index contributed by atoms with van der Waals surface area (Å²) in [7, 11) is 0. The molecule has 0 saturated heterocycles. The molecule has 0 spiro atoms. The van der Waals surface area contributed by atoms with Crippen molar-refractivity contribution in [1.29, 1.82) is 0 Å². The zero-order valence-electron chi connectivity index (χ0n) is 13.3. The Hall–Kier alpha value is -1.10. The number of hydrogen-bond acceptors (Lipinski definition) is 3. The van der Waals surface area contributed by atoms with Gasteiger partial charge in [-0.05, 0) is 25.7 Å². The van der Waals surface area contributed by atoms with Crippen LogP contribution in [0.4, 0.5) is 9.93 Å². The zero-order chi connectivity index (χ0) is 15.2. The lowest BCUT2D eigenvalue weighted by molar-refractivity contribution is 0.125. The van der Waals surface area contributed by atoms with Crippen molar-refractivity contribution in [3.63, 3.8) is 0 Å². The molecule has 1 aromatic heterocycles.